The minimum atomic E-state index is -0.866. The fourth-order valence-corrected chi connectivity index (χ4v) is 2.64. The highest BCUT2D eigenvalue weighted by atomic mass is 16.5. The summed E-state index contributed by atoms with van der Waals surface area (Å²) in [7, 11) is 0. The molecule has 2 heterocycles. The molecule has 3 rings (SSSR count). The van der Waals surface area contributed by atoms with E-state index in [4.69, 9.17) is 4.74 Å². The predicted molar refractivity (Wildman–Crippen MR) is 88.0 cm³/mol. The van der Waals surface area contributed by atoms with Gasteiger partial charge in [0.15, 0.2) is 18.6 Å². The Morgan fingerprint density at radius 2 is 2.04 bits per heavy atom. The lowest BCUT2D eigenvalue weighted by Gasteiger charge is -2.16. The van der Waals surface area contributed by atoms with Gasteiger partial charge in [0.05, 0.1) is 0 Å². The third kappa shape index (κ3) is 3.65. The molecule has 0 bridgehead atoms. The number of ketones is 1. The van der Waals surface area contributed by atoms with E-state index in [0.717, 1.165) is 6.42 Å². The number of carbonyl (C=O) groups excluding carboxylic acids is 3. The second kappa shape index (κ2) is 7.12. The molecule has 1 amide bonds. The van der Waals surface area contributed by atoms with Crippen molar-refractivity contribution in [2.75, 3.05) is 18.1 Å². The molecular weight excluding hydrogens is 324 g/mol. The molecule has 0 aliphatic carbocycles. The summed E-state index contributed by atoms with van der Waals surface area (Å²) >= 11 is 0. The van der Waals surface area contributed by atoms with Crippen LogP contribution in [0.1, 0.15) is 33.7 Å². The van der Waals surface area contributed by atoms with Gasteiger partial charge in [-0.3, -0.25) is 9.59 Å². The number of hydrogen-bond donors (Lipinski definition) is 0. The Hall–Kier alpha value is -3.22. The molecular formula is C18H16N2O5. The second-order valence-corrected chi connectivity index (χ2v) is 5.61. The normalized spacial score (nSPS) is 13.8. The maximum absolute atomic E-state index is 12.2. The van der Waals surface area contributed by atoms with Crippen LogP contribution >= 0.6 is 0 Å². The van der Waals surface area contributed by atoms with Gasteiger partial charge in [-0.2, -0.15) is 4.73 Å². The van der Waals surface area contributed by atoms with Crippen LogP contribution < -0.4 is 9.63 Å². The molecule has 2 aromatic rings. The summed E-state index contributed by atoms with van der Waals surface area (Å²) in [5, 5.41) is 11.5. The molecule has 1 aliphatic rings. The van der Waals surface area contributed by atoms with Crippen molar-refractivity contribution < 1.29 is 23.9 Å². The first kappa shape index (κ1) is 16.6. The van der Waals surface area contributed by atoms with Crippen LogP contribution in [-0.2, 0) is 9.53 Å². The van der Waals surface area contributed by atoms with Crippen LogP contribution in [0.4, 0.5) is 5.69 Å². The number of anilines is 1. The molecule has 7 heteroatoms. The van der Waals surface area contributed by atoms with Crippen LogP contribution in [0, 0.1) is 5.21 Å². The van der Waals surface area contributed by atoms with Crippen LogP contribution in [0.3, 0.4) is 0 Å². The number of Topliss-reactive ketones (excluding diaryl/α,β-unsaturated/α-hetero) is 1. The van der Waals surface area contributed by atoms with Gasteiger partial charge >= 0.3 is 11.7 Å². The molecule has 1 fully saturated rings. The highest BCUT2D eigenvalue weighted by molar-refractivity contribution is 6.01. The number of amides is 1. The third-order valence-corrected chi connectivity index (χ3v) is 3.92. The molecule has 1 aliphatic heterocycles. The Kier molecular flexibility index (Phi) is 4.74. The lowest BCUT2D eigenvalue weighted by atomic mass is 10.1. The van der Waals surface area contributed by atoms with Crippen LogP contribution in [0.2, 0.25) is 0 Å². The highest BCUT2D eigenvalue weighted by Crippen LogP contribution is 2.22. The summed E-state index contributed by atoms with van der Waals surface area (Å²) in [6, 6.07) is 11.0. The quantitative estimate of drug-likeness (QED) is 0.356. The monoisotopic (exact) mass is 340 g/mol. The Morgan fingerprint density at radius 1 is 1.20 bits per heavy atom. The molecule has 1 aromatic carbocycles. The fraction of sp³-hybridized carbons (Fsp3) is 0.222. The van der Waals surface area contributed by atoms with Crippen LogP contribution in [0.25, 0.3) is 0 Å². The molecule has 0 spiro atoms. The minimum Gasteiger partial charge on any atom is -0.618 e. The molecule has 1 aromatic heterocycles. The van der Waals surface area contributed by atoms with Gasteiger partial charge in [0.1, 0.15) is 0 Å². The number of esters is 1. The number of ether oxygens (including phenoxy) is 1. The molecule has 1 saturated heterocycles. The van der Waals surface area contributed by atoms with Gasteiger partial charge in [-0.25, -0.2) is 4.79 Å². The summed E-state index contributed by atoms with van der Waals surface area (Å²) in [6.45, 7) is 0.147. The summed E-state index contributed by atoms with van der Waals surface area (Å²) < 4.78 is 5.30. The van der Waals surface area contributed by atoms with E-state index in [0.29, 0.717) is 28.9 Å². The summed E-state index contributed by atoms with van der Waals surface area (Å²) in [5.74, 6) is -1.25. The fourth-order valence-electron chi connectivity index (χ4n) is 2.64. The maximum atomic E-state index is 12.2. The smallest absolute Gasteiger partial charge is 0.405 e. The second-order valence-electron chi connectivity index (χ2n) is 5.61. The zero-order chi connectivity index (χ0) is 17.8. The van der Waals surface area contributed by atoms with Crippen molar-refractivity contribution in [3.8, 4) is 0 Å². The molecule has 0 unspecified atom stereocenters. The van der Waals surface area contributed by atoms with Crippen molar-refractivity contribution in [3.05, 3.63) is 65.1 Å². The summed E-state index contributed by atoms with van der Waals surface area (Å²) in [4.78, 5) is 37.6. The van der Waals surface area contributed by atoms with Gasteiger partial charge in [0, 0.05) is 36.3 Å². The molecule has 0 saturated carbocycles. The SMILES string of the molecule is O=C(COC(=O)c1cccc[n+]1[O-])c1cccc(N2CCCC2=O)c1. The zero-order valence-corrected chi connectivity index (χ0v) is 13.4. The van der Waals surface area contributed by atoms with Crippen LogP contribution in [-0.4, -0.2) is 30.8 Å². The standard InChI is InChI=1S/C18H16N2O5/c21-16(12-25-18(23)15-7-1-2-10-20(15)24)13-5-3-6-14(11-13)19-9-4-8-17(19)22/h1-3,5-7,10-11H,4,8-9,12H2. The number of aromatic nitrogens is 1. The van der Waals surface area contributed by atoms with Crippen molar-refractivity contribution >= 4 is 23.3 Å². The van der Waals surface area contributed by atoms with Crippen LogP contribution in [0.5, 0.6) is 0 Å². The van der Waals surface area contributed by atoms with Gasteiger partial charge in [0.25, 0.3) is 0 Å². The third-order valence-electron chi connectivity index (χ3n) is 3.92. The first-order valence-electron chi connectivity index (χ1n) is 7.85. The van der Waals surface area contributed by atoms with Crippen molar-refractivity contribution in [3.63, 3.8) is 0 Å². The number of benzene rings is 1. The van der Waals surface area contributed by atoms with Gasteiger partial charge in [-0.15, -0.1) is 0 Å². The maximum Gasteiger partial charge on any atom is 0.405 e. The first-order chi connectivity index (χ1) is 12.1. The van der Waals surface area contributed by atoms with E-state index in [9.17, 15) is 19.6 Å². The highest BCUT2D eigenvalue weighted by Gasteiger charge is 2.23. The first-order valence-corrected chi connectivity index (χ1v) is 7.85. The van der Waals surface area contributed by atoms with E-state index in [1.807, 2.05) is 0 Å². The lowest BCUT2D eigenvalue weighted by molar-refractivity contribution is -0.608. The molecule has 128 valence electrons. The average molecular weight is 340 g/mol. The van der Waals surface area contributed by atoms with Gasteiger partial charge in [-0.1, -0.05) is 12.1 Å². The molecule has 0 N–H and O–H groups in total. The lowest BCUT2D eigenvalue weighted by Crippen LogP contribution is -2.35. The topological polar surface area (TPSA) is 90.6 Å². The zero-order valence-electron chi connectivity index (χ0n) is 13.4. The number of rotatable bonds is 5. The number of hydrogen-bond acceptors (Lipinski definition) is 5. The molecule has 25 heavy (non-hydrogen) atoms. The van der Waals surface area contributed by atoms with E-state index in [1.165, 1.54) is 24.4 Å². The minimum absolute atomic E-state index is 0.0279. The van der Waals surface area contributed by atoms with Gasteiger partial charge in [0.2, 0.25) is 5.91 Å². The largest absolute Gasteiger partial charge is 0.618 e. The van der Waals surface area contributed by atoms with Crippen molar-refractivity contribution in [1.82, 2.24) is 0 Å². The molecule has 0 atom stereocenters. The van der Waals surface area contributed by atoms with E-state index in [1.54, 1.807) is 29.2 Å². The van der Waals surface area contributed by atoms with Gasteiger partial charge < -0.3 is 14.8 Å². The Labute approximate surface area is 144 Å². The van der Waals surface area contributed by atoms with E-state index >= 15 is 0 Å². The van der Waals surface area contributed by atoms with E-state index < -0.39 is 18.4 Å². The number of nitrogens with zero attached hydrogens (tertiary/aromatic N) is 2. The van der Waals surface area contributed by atoms with E-state index in [2.05, 4.69) is 0 Å². The number of carbonyl (C=O) groups is 3. The van der Waals surface area contributed by atoms with Crippen molar-refractivity contribution in [2.24, 2.45) is 0 Å². The predicted octanol–water partition coefficient (Wildman–Crippen LogP) is 1.49. The summed E-state index contributed by atoms with van der Waals surface area (Å²) in [6.07, 6.45) is 2.47. The molecule has 0 radical (unpaired) electrons. The van der Waals surface area contributed by atoms with Gasteiger partial charge in [-0.05, 0) is 24.6 Å². The van der Waals surface area contributed by atoms with E-state index in [-0.39, 0.29) is 11.6 Å². The Balaban J connectivity index is 1.66. The summed E-state index contributed by atoms with van der Waals surface area (Å²) in [5.41, 5.74) is 0.805. The number of pyridine rings is 1. The molecule has 7 nitrogen and oxygen atoms in total. The average Bonchev–Trinajstić information content (AvgIpc) is 3.06. The Morgan fingerprint density at radius 3 is 2.76 bits per heavy atom. The van der Waals surface area contributed by atoms with Crippen molar-refractivity contribution in [1.29, 1.82) is 0 Å². The van der Waals surface area contributed by atoms with Crippen LogP contribution in [0.15, 0.2) is 48.7 Å². The Bertz CT molecular complexity index is 834. The van der Waals surface area contributed by atoms with Crippen molar-refractivity contribution in [2.45, 2.75) is 12.8 Å².